The number of ether oxygens (including phenoxy) is 1. The van der Waals surface area contributed by atoms with Gasteiger partial charge in [-0.05, 0) is 51.4 Å². The van der Waals surface area contributed by atoms with Gasteiger partial charge in [0.15, 0.2) is 0 Å². The smallest absolute Gasteiger partial charge is 0.123 e. The molecule has 0 unspecified atom stereocenters. The van der Waals surface area contributed by atoms with Gasteiger partial charge in [0.25, 0.3) is 0 Å². The average Bonchev–Trinajstić information content (AvgIpc) is 2.29. The summed E-state index contributed by atoms with van der Waals surface area (Å²) in [6, 6.07) is 6.84. The Kier molecular flexibility index (Phi) is 5.09. The van der Waals surface area contributed by atoms with E-state index in [1.54, 1.807) is 7.11 Å². The lowest BCUT2D eigenvalue weighted by atomic mass is 10.0. The molecule has 1 atom stereocenters. The quantitative estimate of drug-likeness (QED) is 0.822. The van der Waals surface area contributed by atoms with Gasteiger partial charge in [-0.15, -0.1) is 0 Å². The Hall–Kier alpha value is -0.930. The van der Waals surface area contributed by atoms with Gasteiger partial charge in [0, 0.05) is 13.2 Å². The number of hydrogen-bond acceptors (Lipinski definition) is 2. The van der Waals surface area contributed by atoms with E-state index in [0.29, 0.717) is 0 Å². The fraction of sp³-hybridized carbons (Fsp3) is 0.571. The van der Waals surface area contributed by atoms with Gasteiger partial charge >= 0.3 is 0 Å². The highest BCUT2D eigenvalue weighted by atomic mass is 19.1. The van der Waals surface area contributed by atoms with Crippen LogP contribution in [0.15, 0.2) is 24.3 Å². The van der Waals surface area contributed by atoms with Crippen LogP contribution in [0.4, 0.5) is 4.39 Å². The Morgan fingerprint density at radius 3 is 2.41 bits per heavy atom. The number of halogens is 1. The molecule has 0 saturated carbocycles. The molecule has 0 aromatic heterocycles. The number of benzene rings is 1. The summed E-state index contributed by atoms with van der Waals surface area (Å²) in [5, 5.41) is 3.41. The minimum Gasteiger partial charge on any atom is -0.379 e. The molecule has 0 amide bonds. The molecule has 96 valence electrons. The molecule has 0 radical (unpaired) electrons. The molecule has 0 spiro atoms. The minimum absolute atomic E-state index is 0.102. The highest BCUT2D eigenvalue weighted by Crippen LogP contribution is 2.15. The predicted molar refractivity (Wildman–Crippen MR) is 68.5 cm³/mol. The van der Waals surface area contributed by atoms with Crippen LogP contribution in [0.1, 0.15) is 38.8 Å². The van der Waals surface area contributed by atoms with Gasteiger partial charge in [0.1, 0.15) is 5.82 Å². The molecule has 1 aromatic rings. The number of rotatable bonds is 6. The lowest BCUT2D eigenvalue weighted by Gasteiger charge is -2.24. The monoisotopic (exact) mass is 239 g/mol. The van der Waals surface area contributed by atoms with Gasteiger partial charge < -0.3 is 10.1 Å². The largest absolute Gasteiger partial charge is 0.379 e. The van der Waals surface area contributed by atoms with Crippen LogP contribution >= 0.6 is 0 Å². The van der Waals surface area contributed by atoms with Crippen molar-refractivity contribution >= 4 is 0 Å². The lowest BCUT2D eigenvalue weighted by Crippen LogP contribution is -2.30. The van der Waals surface area contributed by atoms with Crippen molar-refractivity contribution in [2.75, 3.05) is 13.7 Å². The number of methoxy groups -OCH3 is 1. The Bertz CT molecular complexity index is 335. The van der Waals surface area contributed by atoms with Gasteiger partial charge in [-0.3, -0.25) is 0 Å². The van der Waals surface area contributed by atoms with E-state index in [1.165, 1.54) is 12.1 Å². The molecule has 1 aromatic carbocycles. The van der Waals surface area contributed by atoms with Crippen molar-refractivity contribution < 1.29 is 9.13 Å². The molecule has 0 heterocycles. The van der Waals surface area contributed by atoms with E-state index in [9.17, 15) is 4.39 Å². The molecule has 1 N–H and O–H groups in total. The zero-order chi connectivity index (χ0) is 12.9. The van der Waals surface area contributed by atoms with Crippen LogP contribution in [0.2, 0.25) is 0 Å². The number of hydrogen-bond donors (Lipinski definition) is 1. The van der Waals surface area contributed by atoms with Gasteiger partial charge in [-0.2, -0.15) is 0 Å². The maximum absolute atomic E-state index is 12.8. The fourth-order valence-corrected chi connectivity index (χ4v) is 1.56. The van der Waals surface area contributed by atoms with Crippen LogP contribution in [-0.2, 0) is 4.74 Å². The summed E-state index contributed by atoms with van der Waals surface area (Å²) in [5.41, 5.74) is 0.997. The fourth-order valence-electron chi connectivity index (χ4n) is 1.56. The van der Waals surface area contributed by atoms with Gasteiger partial charge in [0.2, 0.25) is 0 Å². The first-order valence-corrected chi connectivity index (χ1v) is 5.98. The maximum atomic E-state index is 12.8. The van der Waals surface area contributed by atoms with E-state index in [0.717, 1.165) is 18.5 Å². The number of nitrogens with one attached hydrogen (secondary N) is 1. The van der Waals surface area contributed by atoms with E-state index in [1.807, 2.05) is 12.1 Å². The lowest BCUT2D eigenvalue weighted by molar-refractivity contribution is 0.0154. The molecule has 1 rings (SSSR count). The Labute approximate surface area is 103 Å². The summed E-state index contributed by atoms with van der Waals surface area (Å²) >= 11 is 0. The van der Waals surface area contributed by atoms with Crippen LogP contribution < -0.4 is 5.32 Å². The van der Waals surface area contributed by atoms with E-state index in [-0.39, 0.29) is 17.5 Å². The van der Waals surface area contributed by atoms with E-state index >= 15 is 0 Å². The molecule has 0 fully saturated rings. The summed E-state index contributed by atoms with van der Waals surface area (Å²) in [7, 11) is 1.73. The van der Waals surface area contributed by atoms with Crippen LogP contribution in [0, 0.1) is 5.82 Å². The SMILES string of the molecule is COC(C)(C)CCN[C@H](C)c1ccc(F)cc1. The molecular weight excluding hydrogens is 217 g/mol. The van der Waals surface area contributed by atoms with Crippen molar-refractivity contribution in [1.82, 2.24) is 5.32 Å². The summed E-state index contributed by atoms with van der Waals surface area (Å²) in [5.74, 6) is -0.193. The summed E-state index contributed by atoms with van der Waals surface area (Å²) in [6.45, 7) is 7.08. The molecule has 0 bridgehead atoms. The second-order valence-electron chi connectivity index (χ2n) is 4.94. The van der Waals surface area contributed by atoms with Crippen molar-refractivity contribution in [2.45, 2.75) is 38.8 Å². The molecule has 0 aliphatic carbocycles. The van der Waals surface area contributed by atoms with Crippen molar-refractivity contribution in [2.24, 2.45) is 0 Å². The van der Waals surface area contributed by atoms with E-state index in [2.05, 4.69) is 26.1 Å². The molecule has 3 heteroatoms. The maximum Gasteiger partial charge on any atom is 0.123 e. The third kappa shape index (κ3) is 4.84. The highest BCUT2D eigenvalue weighted by Gasteiger charge is 2.16. The Morgan fingerprint density at radius 2 is 1.88 bits per heavy atom. The van der Waals surface area contributed by atoms with Gasteiger partial charge in [-0.1, -0.05) is 12.1 Å². The van der Waals surface area contributed by atoms with Crippen LogP contribution in [0.3, 0.4) is 0 Å². The normalized spacial score (nSPS) is 13.7. The van der Waals surface area contributed by atoms with Crippen molar-refractivity contribution in [3.63, 3.8) is 0 Å². The van der Waals surface area contributed by atoms with Crippen molar-refractivity contribution in [3.8, 4) is 0 Å². The molecular formula is C14H22FNO. The average molecular weight is 239 g/mol. The van der Waals surface area contributed by atoms with Crippen molar-refractivity contribution in [3.05, 3.63) is 35.6 Å². The molecule has 0 saturated heterocycles. The molecule has 17 heavy (non-hydrogen) atoms. The summed E-state index contributed by atoms with van der Waals surface area (Å²) in [4.78, 5) is 0. The van der Waals surface area contributed by atoms with Crippen LogP contribution in [0.5, 0.6) is 0 Å². The van der Waals surface area contributed by atoms with E-state index in [4.69, 9.17) is 4.74 Å². The van der Waals surface area contributed by atoms with Gasteiger partial charge in [-0.25, -0.2) is 4.39 Å². The third-order valence-corrected chi connectivity index (χ3v) is 3.10. The molecule has 0 aliphatic heterocycles. The zero-order valence-corrected chi connectivity index (χ0v) is 11.1. The highest BCUT2D eigenvalue weighted by molar-refractivity contribution is 5.19. The first kappa shape index (κ1) is 14.1. The first-order valence-electron chi connectivity index (χ1n) is 5.98. The molecule has 0 aliphatic rings. The van der Waals surface area contributed by atoms with Gasteiger partial charge in [0.05, 0.1) is 5.60 Å². The van der Waals surface area contributed by atoms with Crippen LogP contribution in [0.25, 0.3) is 0 Å². The predicted octanol–water partition coefficient (Wildman–Crippen LogP) is 3.29. The zero-order valence-electron chi connectivity index (χ0n) is 11.1. The second-order valence-corrected chi connectivity index (χ2v) is 4.94. The first-order chi connectivity index (χ1) is 7.94. The third-order valence-electron chi connectivity index (χ3n) is 3.10. The Morgan fingerprint density at radius 1 is 1.29 bits per heavy atom. The van der Waals surface area contributed by atoms with E-state index < -0.39 is 0 Å². The summed E-state index contributed by atoms with van der Waals surface area (Å²) < 4.78 is 18.1. The van der Waals surface area contributed by atoms with Crippen LogP contribution in [-0.4, -0.2) is 19.3 Å². The topological polar surface area (TPSA) is 21.3 Å². The minimum atomic E-state index is -0.193. The second kappa shape index (κ2) is 6.12. The Balaban J connectivity index is 2.40. The standard InChI is InChI=1S/C14H22FNO/c1-11(12-5-7-13(15)8-6-12)16-10-9-14(2,3)17-4/h5-8,11,16H,9-10H2,1-4H3/t11-/m1/s1. The summed E-state index contributed by atoms with van der Waals surface area (Å²) in [6.07, 6.45) is 0.940. The molecule has 2 nitrogen and oxygen atoms in total. The van der Waals surface area contributed by atoms with Crippen molar-refractivity contribution in [1.29, 1.82) is 0 Å².